The summed E-state index contributed by atoms with van der Waals surface area (Å²) in [4.78, 5) is 26.4. The van der Waals surface area contributed by atoms with Crippen molar-refractivity contribution < 1.29 is 30.0 Å². The predicted molar refractivity (Wildman–Crippen MR) is 90.3 cm³/mol. The Morgan fingerprint density at radius 3 is 2.56 bits per heavy atom. The number of nitrogens with zero attached hydrogens (tertiary/aromatic N) is 1. The van der Waals surface area contributed by atoms with Gasteiger partial charge in [0.25, 0.3) is 0 Å². The molecule has 1 aliphatic heterocycles. The predicted octanol–water partition coefficient (Wildman–Crippen LogP) is 1.70. The van der Waals surface area contributed by atoms with E-state index in [2.05, 4.69) is 10.3 Å². The Balaban J connectivity index is 2.29. The number of carboxylic acids is 2. The standard InChI is InChI=1S/C17H18N2O6/c1-2-10-7-14(20)15(21)8-11(10)18-4-3-9-5-12(16(22)23)19-13(6-9)17(24)25/h3-5,7-8,13,19-21H,2,6H2,1H3,(H,22,23)(H,24,25)/b9-3-,18-4+. The number of rotatable bonds is 5. The molecule has 1 atom stereocenters. The number of benzene rings is 1. The largest absolute Gasteiger partial charge is 0.504 e. The number of phenolic OH excluding ortho intramolecular Hbond substituents is 2. The smallest absolute Gasteiger partial charge is 0.351 e. The maximum Gasteiger partial charge on any atom is 0.351 e. The van der Waals surface area contributed by atoms with E-state index in [4.69, 9.17) is 10.2 Å². The van der Waals surface area contributed by atoms with Crippen LogP contribution in [0.3, 0.4) is 0 Å². The summed E-state index contributed by atoms with van der Waals surface area (Å²) >= 11 is 0. The Morgan fingerprint density at radius 2 is 1.96 bits per heavy atom. The van der Waals surface area contributed by atoms with Crippen LogP contribution in [0.5, 0.6) is 11.5 Å². The lowest BCUT2D eigenvalue weighted by atomic mass is 10.00. The van der Waals surface area contributed by atoms with Crippen molar-refractivity contribution in [1.29, 1.82) is 0 Å². The van der Waals surface area contributed by atoms with Gasteiger partial charge >= 0.3 is 11.9 Å². The van der Waals surface area contributed by atoms with Gasteiger partial charge in [-0.25, -0.2) is 9.59 Å². The third-order valence-corrected chi connectivity index (χ3v) is 3.69. The molecule has 1 aromatic rings. The van der Waals surface area contributed by atoms with Crippen LogP contribution in [0.15, 0.2) is 40.5 Å². The van der Waals surface area contributed by atoms with E-state index in [9.17, 15) is 19.8 Å². The first-order valence-electron chi connectivity index (χ1n) is 7.54. The molecule has 1 aliphatic rings. The lowest BCUT2D eigenvalue weighted by molar-refractivity contribution is -0.139. The average molecular weight is 346 g/mol. The summed E-state index contributed by atoms with van der Waals surface area (Å²) in [6.07, 6.45) is 4.97. The first-order chi connectivity index (χ1) is 11.8. The van der Waals surface area contributed by atoms with Crippen LogP contribution in [0.2, 0.25) is 0 Å². The molecule has 2 rings (SSSR count). The number of hydrogen-bond donors (Lipinski definition) is 5. The Hall–Kier alpha value is -3.29. The monoisotopic (exact) mass is 346 g/mol. The van der Waals surface area contributed by atoms with Gasteiger partial charge in [0, 0.05) is 18.7 Å². The molecule has 1 unspecified atom stereocenters. The summed E-state index contributed by atoms with van der Waals surface area (Å²) in [6.45, 7) is 1.87. The highest BCUT2D eigenvalue weighted by Crippen LogP contribution is 2.33. The van der Waals surface area contributed by atoms with Crippen molar-refractivity contribution in [3.63, 3.8) is 0 Å². The molecule has 5 N–H and O–H groups in total. The first kappa shape index (κ1) is 18.1. The zero-order valence-corrected chi connectivity index (χ0v) is 13.4. The van der Waals surface area contributed by atoms with Crippen molar-refractivity contribution in [1.82, 2.24) is 5.32 Å². The van der Waals surface area contributed by atoms with E-state index in [1.54, 1.807) is 0 Å². The minimum Gasteiger partial charge on any atom is -0.504 e. The first-order valence-corrected chi connectivity index (χ1v) is 7.54. The number of aromatic hydroxyl groups is 2. The van der Waals surface area contributed by atoms with Gasteiger partial charge in [-0.15, -0.1) is 0 Å². The van der Waals surface area contributed by atoms with Gasteiger partial charge in [-0.3, -0.25) is 4.99 Å². The third kappa shape index (κ3) is 4.37. The molecule has 0 spiro atoms. The summed E-state index contributed by atoms with van der Waals surface area (Å²) in [5.74, 6) is -2.92. The van der Waals surface area contributed by atoms with E-state index < -0.39 is 18.0 Å². The SMILES string of the molecule is CCc1cc(O)c(O)cc1/N=C/C=C1/C=C(C(=O)O)NC(C(=O)O)C1. The van der Waals surface area contributed by atoms with Gasteiger partial charge in [0.1, 0.15) is 11.7 Å². The summed E-state index contributed by atoms with van der Waals surface area (Å²) in [7, 11) is 0. The molecule has 0 saturated carbocycles. The molecule has 0 radical (unpaired) electrons. The molecule has 0 amide bonds. The van der Waals surface area contributed by atoms with E-state index in [0.717, 1.165) is 5.56 Å². The quantitative estimate of drug-likeness (QED) is 0.404. The van der Waals surface area contributed by atoms with Crippen LogP contribution in [0, 0.1) is 0 Å². The molecular weight excluding hydrogens is 328 g/mol. The summed E-state index contributed by atoms with van der Waals surface area (Å²) in [5.41, 5.74) is 1.48. The molecule has 0 fully saturated rings. The van der Waals surface area contributed by atoms with E-state index in [-0.39, 0.29) is 23.6 Å². The number of carboxylic acid groups (broad SMARTS) is 2. The van der Waals surface area contributed by atoms with Crippen molar-refractivity contribution in [3.05, 3.63) is 41.1 Å². The summed E-state index contributed by atoms with van der Waals surface area (Å²) in [5, 5.41) is 39.7. The molecule has 0 bridgehead atoms. The maximum atomic E-state index is 11.1. The lowest BCUT2D eigenvalue weighted by Gasteiger charge is -2.21. The van der Waals surface area contributed by atoms with Gasteiger partial charge in [0.2, 0.25) is 0 Å². The van der Waals surface area contributed by atoms with Crippen LogP contribution in [0.1, 0.15) is 18.9 Å². The minimum absolute atomic E-state index is 0.111. The molecule has 0 saturated heterocycles. The topological polar surface area (TPSA) is 139 Å². The van der Waals surface area contributed by atoms with Gasteiger partial charge in [-0.2, -0.15) is 0 Å². The van der Waals surface area contributed by atoms with Crippen LogP contribution in [0.4, 0.5) is 5.69 Å². The van der Waals surface area contributed by atoms with Crippen LogP contribution < -0.4 is 5.32 Å². The number of aliphatic carboxylic acids is 2. The number of carbonyl (C=O) groups is 2. The Kier molecular flexibility index (Phi) is 5.43. The fourth-order valence-electron chi connectivity index (χ4n) is 2.37. The molecule has 1 heterocycles. The third-order valence-electron chi connectivity index (χ3n) is 3.69. The highest BCUT2D eigenvalue weighted by atomic mass is 16.4. The molecule has 132 valence electrons. The molecule has 8 heteroatoms. The van der Waals surface area contributed by atoms with Crippen molar-refractivity contribution in [3.8, 4) is 11.5 Å². The Labute approximate surface area is 143 Å². The second kappa shape index (κ2) is 7.52. The van der Waals surface area contributed by atoms with Crippen molar-refractivity contribution in [2.75, 3.05) is 0 Å². The van der Waals surface area contributed by atoms with Gasteiger partial charge in [-0.05, 0) is 35.8 Å². The van der Waals surface area contributed by atoms with Gasteiger partial charge in [0.15, 0.2) is 11.5 Å². The van der Waals surface area contributed by atoms with Crippen LogP contribution >= 0.6 is 0 Å². The molecule has 0 aromatic heterocycles. The second-order valence-corrected chi connectivity index (χ2v) is 5.45. The number of allylic oxidation sites excluding steroid dienone is 2. The van der Waals surface area contributed by atoms with Gasteiger partial charge < -0.3 is 25.7 Å². The lowest BCUT2D eigenvalue weighted by Crippen LogP contribution is -2.41. The molecular formula is C17H18N2O6. The maximum absolute atomic E-state index is 11.1. The molecule has 8 nitrogen and oxygen atoms in total. The van der Waals surface area contributed by atoms with E-state index >= 15 is 0 Å². The zero-order valence-electron chi connectivity index (χ0n) is 13.4. The average Bonchev–Trinajstić information content (AvgIpc) is 2.57. The highest BCUT2D eigenvalue weighted by Gasteiger charge is 2.26. The normalized spacial score (nSPS) is 18.8. The fraction of sp³-hybridized carbons (Fsp3) is 0.235. The minimum atomic E-state index is -1.24. The van der Waals surface area contributed by atoms with Crippen LogP contribution in [-0.4, -0.2) is 44.6 Å². The molecule has 25 heavy (non-hydrogen) atoms. The molecule has 0 aliphatic carbocycles. The number of aliphatic imine (C=N–C) groups is 1. The van der Waals surface area contributed by atoms with E-state index in [0.29, 0.717) is 17.7 Å². The summed E-state index contributed by atoms with van der Waals surface area (Å²) in [6, 6.07) is 1.71. The number of phenols is 2. The number of hydrogen-bond acceptors (Lipinski definition) is 6. The fourth-order valence-corrected chi connectivity index (χ4v) is 2.37. The van der Waals surface area contributed by atoms with Crippen molar-refractivity contribution in [2.24, 2.45) is 4.99 Å². The van der Waals surface area contributed by atoms with E-state index in [1.807, 2.05) is 6.92 Å². The van der Waals surface area contributed by atoms with Gasteiger partial charge in [0.05, 0.1) is 5.69 Å². The van der Waals surface area contributed by atoms with Crippen molar-refractivity contribution in [2.45, 2.75) is 25.8 Å². The molecule has 1 aromatic carbocycles. The van der Waals surface area contributed by atoms with Crippen LogP contribution in [0.25, 0.3) is 0 Å². The van der Waals surface area contributed by atoms with Crippen LogP contribution in [-0.2, 0) is 16.0 Å². The highest BCUT2D eigenvalue weighted by molar-refractivity contribution is 5.89. The van der Waals surface area contributed by atoms with Crippen molar-refractivity contribution >= 4 is 23.8 Å². The number of nitrogens with one attached hydrogen (secondary N) is 1. The Morgan fingerprint density at radius 1 is 1.28 bits per heavy atom. The number of aryl methyl sites for hydroxylation is 1. The Bertz CT molecular complexity index is 795. The second-order valence-electron chi connectivity index (χ2n) is 5.45. The summed E-state index contributed by atoms with van der Waals surface area (Å²) < 4.78 is 0. The zero-order chi connectivity index (χ0) is 18.6. The van der Waals surface area contributed by atoms with Gasteiger partial charge in [-0.1, -0.05) is 6.92 Å². The van der Waals surface area contributed by atoms with E-state index in [1.165, 1.54) is 30.5 Å².